The first-order chi connectivity index (χ1) is 6.90. The maximum Gasteiger partial charge on any atom is 0.407 e. The molecule has 0 aromatic heterocycles. The van der Waals surface area contributed by atoms with Gasteiger partial charge in [-0.25, -0.2) is 4.79 Å². The molecule has 0 atom stereocenters. The molecule has 0 bridgehead atoms. The molecule has 0 aliphatic heterocycles. The number of hydrogen-bond acceptors (Lipinski definition) is 3. The van der Waals surface area contributed by atoms with E-state index >= 15 is 0 Å². The van der Waals surface area contributed by atoms with E-state index in [9.17, 15) is 4.79 Å². The van der Waals surface area contributed by atoms with E-state index in [0.29, 0.717) is 5.92 Å². The van der Waals surface area contributed by atoms with E-state index in [1.165, 1.54) is 6.21 Å². The van der Waals surface area contributed by atoms with Gasteiger partial charge in [0.1, 0.15) is 5.60 Å². The van der Waals surface area contributed by atoms with E-state index in [1.807, 2.05) is 20.8 Å². The summed E-state index contributed by atoms with van der Waals surface area (Å²) in [5.41, 5.74) is -0.428. The Morgan fingerprint density at radius 2 is 2.13 bits per heavy atom. The van der Waals surface area contributed by atoms with Crippen LogP contribution in [-0.4, -0.2) is 24.0 Å². The third-order valence-electron chi connectivity index (χ3n) is 2.41. The van der Waals surface area contributed by atoms with Gasteiger partial charge >= 0.3 is 6.09 Å². The lowest BCUT2D eigenvalue weighted by atomic mass is 9.78. The van der Waals surface area contributed by atoms with Crippen LogP contribution in [0.25, 0.3) is 0 Å². The Labute approximate surface area is 90.9 Å². The minimum Gasteiger partial charge on any atom is -0.444 e. The van der Waals surface area contributed by atoms with Gasteiger partial charge in [0.05, 0.1) is 0 Å². The van der Waals surface area contributed by atoms with Crippen LogP contribution in [0.5, 0.6) is 0 Å². The molecular formula is C11H20N2O2. The lowest BCUT2D eigenvalue weighted by Gasteiger charge is -2.35. The Morgan fingerprint density at radius 3 is 2.60 bits per heavy atom. The van der Waals surface area contributed by atoms with Gasteiger partial charge in [0.25, 0.3) is 0 Å². The maximum absolute atomic E-state index is 11.3. The molecule has 4 nitrogen and oxygen atoms in total. The van der Waals surface area contributed by atoms with Gasteiger partial charge in [0, 0.05) is 6.04 Å². The van der Waals surface area contributed by atoms with Crippen LogP contribution in [0.1, 0.15) is 40.0 Å². The molecule has 1 aliphatic rings. The van der Waals surface area contributed by atoms with Gasteiger partial charge in [-0.1, -0.05) is 0 Å². The van der Waals surface area contributed by atoms with Gasteiger partial charge in [-0.05, 0) is 52.2 Å². The number of carbonyl (C=O) groups excluding carboxylic acids is 1. The van der Waals surface area contributed by atoms with Crippen LogP contribution in [0.15, 0.2) is 0 Å². The Morgan fingerprint density at radius 1 is 1.53 bits per heavy atom. The van der Waals surface area contributed by atoms with Gasteiger partial charge in [-0.15, -0.1) is 0 Å². The first kappa shape index (κ1) is 12.0. The summed E-state index contributed by atoms with van der Waals surface area (Å²) in [6.07, 6.45) is 3.87. The second-order valence-corrected chi connectivity index (χ2v) is 5.12. The lowest BCUT2D eigenvalue weighted by molar-refractivity contribution is 0.0455. The summed E-state index contributed by atoms with van der Waals surface area (Å²) in [5, 5.41) is 9.78. The van der Waals surface area contributed by atoms with Gasteiger partial charge < -0.3 is 15.5 Å². The molecular weight excluding hydrogens is 192 g/mol. The third-order valence-corrected chi connectivity index (χ3v) is 2.41. The maximum atomic E-state index is 11.3. The van der Waals surface area contributed by atoms with Crippen molar-refractivity contribution >= 4 is 12.3 Å². The molecule has 0 radical (unpaired) electrons. The molecule has 0 aromatic carbocycles. The number of alkyl carbamates (subject to hydrolysis) is 1. The summed E-state index contributed by atoms with van der Waals surface area (Å²) in [6.45, 7) is 5.56. The quantitative estimate of drug-likeness (QED) is 0.705. The number of hydrogen-bond donors (Lipinski definition) is 2. The Balaban J connectivity index is 2.16. The van der Waals surface area contributed by atoms with Crippen LogP contribution < -0.4 is 5.32 Å². The highest BCUT2D eigenvalue weighted by molar-refractivity contribution is 5.68. The molecule has 0 heterocycles. The summed E-state index contributed by atoms with van der Waals surface area (Å²) in [7, 11) is 0. The zero-order valence-electron chi connectivity index (χ0n) is 9.67. The highest BCUT2D eigenvalue weighted by atomic mass is 16.6. The fraction of sp³-hybridized carbons (Fsp3) is 0.818. The predicted molar refractivity (Wildman–Crippen MR) is 59.3 cm³/mol. The fourth-order valence-electron chi connectivity index (χ4n) is 1.69. The number of nitrogens with one attached hydrogen (secondary N) is 2. The minimum atomic E-state index is -0.428. The highest BCUT2D eigenvalue weighted by Crippen LogP contribution is 2.29. The Bertz CT molecular complexity index is 239. The second-order valence-electron chi connectivity index (χ2n) is 5.12. The second kappa shape index (κ2) is 4.64. The van der Waals surface area contributed by atoms with Gasteiger partial charge in [-0.3, -0.25) is 0 Å². The molecule has 2 N–H and O–H groups in total. The van der Waals surface area contributed by atoms with Crippen LogP contribution in [0.2, 0.25) is 0 Å². The molecule has 1 rings (SSSR count). The first-order valence-corrected chi connectivity index (χ1v) is 5.39. The standard InChI is InChI=1S/C11H20N2O2/c1-11(2,3)15-10(14)13-9-6-8(7-9)4-5-12/h5,8-9,12H,4,6-7H2,1-3H3,(H,13,14). The van der Waals surface area contributed by atoms with Crippen LogP contribution >= 0.6 is 0 Å². The van der Waals surface area contributed by atoms with Gasteiger partial charge in [0.15, 0.2) is 0 Å². The van der Waals surface area contributed by atoms with Crippen molar-refractivity contribution in [3.8, 4) is 0 Å². The van der Waals surface area contributed by atoms with Crippen LogP contribution in [0, 0.1) is 11.3 Å². The minimum absolute atomic E-state index is 0.241. The molecule has 0 aromatic rings. The van der Waals surface area contributed by atoms with Crippen LogP contribution in [0.3, 0.4) is 0 Å². The van der Waals surface area contributed by atoms with Crippen molar-refractivity contribution in [3.63, 3.8) is 0 Å². The monoisotopic (exact) mass is 212 g/mol. The fourth-order valence-corrected chi connectivity index (χ4v) is 1.69. The SMILES string of the molecule is CC(C)(C)OC(=O)NC1CC(CC=N)C1. The number of amides is 1. The van der Waals surface area contributed by atoms with Crippen molar-refractivity contribution in [1.82, 2.24) is 5.32 Å². The highest BCUT2D eigenvalue weighted by Gasteiger charge is 2.30. The van der Waals surface area contributed by atoms with E-state index < -0.39 is 5.60 Å². The van der Waals surface area contributed by atoms with Crippen molar-refractivity contribution in [2.45, 2.75) is 51.7 Å². The summed E-state index contributed by atoms with van der Waals surface area (Å²) in [6, 6.07) is 0.241. The molecule has 4 heteroatoms. The van der Waals surface area contributed by atoms with Crippen LogP contribution in [0.4, 0.5) is 4.79 Å². The molecule has 86 valence electrons. The van der Waals surface area contributed by atoms with Crippen molar-refractivity contribution in [2.24, 2.45) is 5.92 Å². The Hall–Kier alpha value is -1.06. The Kier molecular flexibility index (Phi) is 3.72. The average molecular weight is 212 g/mol. The zero-order chi connectivity index (χ0) is 11.5. The van der Waals surface area contributed by atoms with Gasteiger partial charge in [-0.2, -0.15) is 0 Å². The van der Waals surface area contributed by atoms with Crippen molar-refractivity contribution in [2.75, 3.05) is 0 Å². The van der Waals surface area contributed by atoms with E-state index in [0.717, 1.165) is 19.3 Å². The van der Waals surface area contributed by atoms with Crippen molar-refractivity contribution < 1.29 is 9.53 Å². The number of ether oxygens (including phenoxy) is 1. The van der Waals surface area contributed by atoms with Gasteiger partial charge in [0.2, 0.25) is 0 Å². The summed E-state index contributed by atoms with van der Waals surface area (Å²) < 4.78 is 5.14. The molecule has 0 unspecified atom stereocenters. The molecule has 0 saturated heterocycles. The van der Waals surface area contributed by atoms with E-state index in [4.69, 9.17) is 10.1 Å². The van der Waals surface area contributed by atoms with E-state index in [-0.39, 0.29) is 12.1 Å². The largest absolute Gasteiger partial charge is 0.444 e. The number of carbonyl (C=O) groups is 1. The topological polar surface area (TPSA) is 62.2 Å². The normalized spacial score (nSPS) is 25.3. The predicted octanol–water partition coefficient (Wildman–Crippen LogP) is 2.33. The molecule has 0 spiro atoms. The van der Waals surface area contributed by atoms with Crippen LogP contribution in [-0.2, 0) is 4.74 Å². The van der Waals surface area contributed by atoms with Crippen molar-refractivity contribution in [3.05, 3.63) is 0 Å². The number of rotatable bonds is 3. The molecule has 1 fully saturated rings. The summed E-state index contributed by atoms with van der Waals surface area (Å²) in [4.78, 5) is 11.3. The van der Waals surface area contributed by atoms with Crippen molar-refractivity contribution in [1.29, 1.82) is 5.41 Å². The zero-order valence-corrected chi connectivity index (χ0v) is 9.67. The third kappa shape index (κ3) is 4.32. The lowest BCUT2D eigenvalue weighted by Crippen LogP contribution is -2.46. The first-order valence-electron chi connectivity index (χ1n) is 5.39. The summed E-state index contributed by atoms with van der Waals surface area (Å²) >= 11 is 0. The molecule has 1 amide bonds. The molecule has 1 saturated carbocycles. The van der Waals surface area contributed by atoms with E-state index in [1.54, 1.807) is 0 Å². The smallest absolute Gasteiger partial charge is 0.407 e. The average Bonchev–Trinajstić information content (AvgIpc) is 1.97. The molecule has 1 aliphatic carbocycles. The summed E-state index contributed by atoms with van der Waals surface area (Å²) in [5.74, 6) is 0.572. The van der Waals surface area contributed by atoms with E-state index in [2.05, 4.69) is 5.32 Å². The molecule has 15 heavy (non-hydrogen) atoms.